The fourth-order valence-corrected chi connectivity index (χ4v) is 3.02. The van der Waals surface area contributed by atoms with Gasteiger partial charge in [0.1, 0.15) is 0 Å². The summed E-state index contributed by atoms with van der Waals surface area (Å²) >= 11 is 0. The van der Waals surface area contributed by atoms with E-state index < -0.39 is 5.60 Å². The lowest BCUT2D eigenvalue weighted by atomic mass is 9.97. The van der Waals surface area contributed by atoms with E-state index in [1.807, 2.05) is 49.3 Å². The first-order valence-electron chi connectivity index (χ1n) is 8.17. The van der Waals surface area contributed by atoms with Gasteiger partial charge in [-0.25, -0.2) is 0 Å². The molecule has 0 radical (unpaired) electrons. The molecular formula is C18H28N2O2. The second kappa shape index (κ2) is 7.75. The maximum atomic E-state index is 12.7. The lowest BCUT2D eigenvalue weighted by molar-refractivity contribution is -0.137. The van der Waals surface area contributed by atoms with Crippen molar-refractivity contribution < 1.29 is 9.90 Å². The number of carbonyl (C=O) groups excluding carboxylic acids is 1. The van der Waals surface area contributed by atoms with Gasteiger partial charge in [-0.3, -0.25) is 4.79 Å². The van der Waals surface area contributed by atoms with Gasteiger partial charge in [-0.05, 0) is 32.5 Å². The van der Waals surface area contributed by atoms with E-state index in [0.29, 0.717) is 13.1 Å². The molecule has 0 unspecified atom stereocenters. The minimum Gasteiger partial charge on any atom is -0.389 e. The topological polar surface area (TPSA) is 43.8 Å². The van der Waals surface area contributed by atoms with E-state index in [0.717, 1.165) is 37.8 Å². The Hall–Kier alpha value is -1.39. The van der Waals surface area contributed by atoms with Crippen LogP contribution in [0.2, 0.25) is 0 Å². The Balaban J connectivity index is 2.00. The first kappa shape index (κ1) is 17.0. The average Bonchev–Trinajstić information content (AvgIpc) is 2.90. The molecule has 1 aromatic carbocycles. The molecule has 1 amide bonds. The quantitative estimate of drug-likeness (QED) is 0.840. The van der Waals surface area contributed by atoms with Crippen LogP contribution in [0, 0.1) is 0 Å². The van der Waals surface area contributed by atoms with E-state index in [2.05, 4.69) is 4.90 Å². The molecule has 1 aliphatic rings. The van der Waals surface area contributed by atoms with Crippen LogP contribution in [0.15, 0.2) is 30.3 Å². The van der Waals surface area contributed by atoms with Crippen LogP contribution >= 0.6 is 0 Å². The van der Waals surface area contributed by atoms with Crippen molar-refractivity contribution >= 4 is 5.91 Å². The van der Waals surface area contributed by atoms with Gasteiger partial charge in [0, 0.05) is 19.6 Å². The second-order valence-electron chi connectivity index (χ2n) is 6.71. The zero-order valence-electron chi connectivity index (χ0n) is 13.8. The Bertz CT molecular complexity index is 467. The number of benzene rings is 1. The van der Waals surface area contributed by atoms with Crippen LogP contribution in [0.4, 0.5) is 0 Å². The van der Waals surface area contributed by atoms with Crippen molar-refractivity contribution in [3.8, 4) is 0 Å². The van der Waals surface area contributed by atoms with Crippen molar-refractivity contribution in [2.45, 2.75) is 44.2 Å². The minimum atomic E-state index is -0.774. The van der Waals surface area contributed by atoms with Crippen LogP contribution in [0.5, 0.6) is 0 Å². The molecule has 0 heterocycles. The van der Waals surface area contributed by atoms with Crippen molar-refractivity contribution in [1.29, 1.82) is 0 Å². The summed E-state index contributed by atoms with van der Waals surface area (Å²) in [4.78, 5) is 16.6. The highest BCUT2D eigenvalue weighted by Crippen LogP contribution is 2.32. The highest BCUT2D eigenvalue weighted by atomic mass is 16.3. The van der Waals surface area contributed by atoms with E-state index in [1.54, 1.807) is 0 Å². The lowest BCUT2D eigenvalue weighted by Crippen LogP contribution is -2.40. The van der Waals surface area contributed by atoms with Crippen molar-refractivity contribution in [2.75, 3.05) is 27.2 Å². The fourth-order valence-electron chi connectivity index (χ4n) is 3.02. The molecule has 1 N–H and O–H groups in total. The van der Waals surface area contributed by atoms with Crippen molar-refractivity contribution in [3.63, 3.8) is 0 Å². The zero-order valence-corrected chi connectivity index (χ0v) is 13.8. The Morgan fingerprint density at radius 2 is 1.77 bits per heavy atom. The van der Waals surface area contributed by atoms with Gasteiger partial charge < -0.3 is 14.9 Å². The number of likely N-dealkylation sites (N-methyl/N-ethyl adjacent to an activating group) is 1. The molecule has 1 aliphatic carbocycles. The van der Waals surface area contributed by atoms with Gasteiger partial charge in [0.05, 0.1) is 12.0 Å². The van der Waals surface area contributed by atoms with Crippen molar-refractivity contribution in [2.24, 2.45) is 0 Å². The van der Waals surface area contributed by atoms with E-state index in [9.17, 15) is 9.90 Å². The standard InChI is InChI=1S/C18H28N2O2/c1-19(2)12-13-20(15-16-8-4-3-5-9-16)17(21)14-18(22)10-6-7-11-18/h3-5,8-9,22H,6-7,10-15H2,1-2H3. The van der Waals surface area contributed by atoms with Crippen LogP contribution in [-0.4, -0.2) is 53.6 Å². The number of carbonyl (C=O) groups is 1. The largest absolute Gasteiger partial charge is 0.389 e. The molecule has 2 rings (SSSR count). The molecule has 22 heavy (non-hydrogen) atoms. The normalized spacial score (nSPS) is 16.9. The van der Waals surface area contributed by atoms with Crippen LogP contribution in [-0.2, 0) is 11.3 Å². The Morgan fingerprint density at radius 3 is 2.36 bits per heavy atom. The third-order valence-corrected chi connectivity index (χ3v) is 4.40. The molecule has 4 heteroatoms. The maximum Gasteiger partial charge on any atom is 0.225 e. The van der Waals surface area contributed by atoms with Gasteiger partial charge in [0.2, 0.25) is 5.91 Å². The van der Waals surface area contributed by atoms with Crippen LogP contribution in [0.3, 0.4) is 0 Å². The minimum absolute atomic E-state index is 0.0649. The first-order chi connectivity index (χ1) is 10.5. The van der Waals surface area contributed by atoms with Crippen LogP contribution < -0.4 is 0 Å². The first-order valence-corrected chi connectivity index (χ1v) is 8.17. The van der Waals surface area contributed by atoms with Gasteiger partial charge in [-0.1, -0.05) is 43.2 Å². The monoisotopic (exact) mass is 304 g/mol. The fraction of sp³-hybridized carbons (Fsp3) is 0.611. The molecule has 1 saturated carbocycles. The average molecular weight is 304 g/mol. The smallest absolute Gasteiger partial charge is 0.225 e. The molecular weight excluding hydrogens is 276 g/mol. The molecule has 0 saturated heterocycles. The molecule has 0 atom stereocenters. The van der Waals surface area contributed by atoms with Crippen molar-refractivity contribution in [3.05, 3.63) is 35.9 Å². The van der Waals surface area contributed by atoms with Gasteiger partial charge in [0.25, 0.3) is 0 Å². The summed E-state index contributed by atoms with van der Waals surface area (Å²) in [5.41, 5.74) is 0.359. The predicted octanol–water partition coefficient (Wildman–Crippen LogP) is 2.27. The lowest BCUT2D eigenvalue weighted by Gasteiger charge is -2.29. The number of hydrogen-bond acceptors (Lipinski definition) is 3. The Morgan fingerprint density at radius 1 is 1.14 bits per heavy atom. The summed E-state index contributed by atoms with van der Waals surface area (Å²) in [7, 11) is 4.02. The highest BCUT2D eigenvalue weighted by Gasteiger charge is 2.34. The molecule has 0 aliphatic heterocycles. The number of nitrogens with zero attached hydrogens (tertiary/aromatic N) is 2. The van der Waals surface area contributed by atoms with E-state index in [1.165, 1.54) is 0 Å². The second-order valence-corrected chi connectivity index (χ2v) is 6.71. The number of rotatable bonds is 7. The number of aliphatic hydroxyl groups is 1. The molecule has 0 bridgehead atoms. The number of hydrogen-bond donors (Lipinski definition) is 1. The summed E-state index contributed by atoms with van der Waals surface area (Å²) in [5.74, 6) is 0.0649. The van der Waals surface area contributed by atoms with E-state index in [-0.39, 0.29) is 12.3 Å². The summed E-state index contributed by atoms with van der Waals surface area (Å²) in [6.07, 6.45) is 3.82. The van der Waals surface area contributed by atoms with Crippen LogP contribution in [0.1, 0.15) is 37.7 Å². The highest BCUT2D eigenvalue weighted by molar-refractivity contribution is 5.77. The molecule has 1 aromatic rings. The molecule has 0 aromatic heterocycles. The van der Waals surface area contributed by atoms with Gasteiger partial charge >= 0.3 is 0 Å². The molecule has 122 valence electrons. The number of amides is 1. The third-order valence-electron chi connectivity index (χ3n) is 4.40. The van der Waals surface area contributed by atoms with Gasteiger partial charge in [-0.2, -0.15) is 0 Å². The SMILES string of the molecule is CN(C)CCN(Cc1ccccc1)C(=O)CC1(O)CCCC1. The Labute approximate surface area is 133 Å². The molecule has 0 spiro atoms. The summed E-state index contributed by atoms with van der Waals surface area (Å²) in [5, 5.41) is 10.5. The molecule has 4 nitrogen and oxygen atoms in total. The maximum absolute atomic E-state index is 12.7. The Kier molecular flexibility index (Phi) is 5.98. The van der Waals surface area contributed by atoms with E-state index in [4.69, 9.17) is 0 Å². The van der Waals surface area contributed by atoms with Crippen LogP contribution in [0.25, 0.3) is 0 Å². The van der Waals surface area contributed by atoms with E-state index >= 15 is 0 Å². The molecule has 1 fully saturated rings. The zero-order chi connectivity index (χ0) is 16.0. The van der Waals surface area contributed by atoms with Gasteiger partial charge in [-0.15, -0.1) is 0 Å². The predicted molar refractivity (Wildman–Crippen MR) is 88.4 cm³/mol. The summed E-state index contributed by atoms with van der Waals surface area (Å²) < 4.78 is 0. The third kappa shape index (κ3) is 5.11. The van der Waals surface area contributed by atoms with Gasteiger partial charge in [0.15, 0.2) is 0 Å². The summed E-state index contributed by atoms with van der Waals surface area (Å²) in [6.45, 7) is 2.14. The van der Waals surface area contributed by atoms with Crippen molar-refractivity contribution in [1.82, 2.24) is 9.80 Å². The summed E-state index contributed by atoms with van der Waals surface area (Å²) in [6, 6.07) is 10.1.